The van der Waals surface area contributed by atoms with Crippen LogP contribution in [0.4, 0.5) is 11.4 Å². The van der Waals surface area contributed by atoms with Gasteiger partial charge < -0.3 is 19.3 Å². The Kier molecular flexibility index (Phi) is 5.48. The second-order valence-corrected chi connectivity index (χ2v) is 4.80. The van der Waals surface area contributed by atoms with E-state index in [2.05, 4.69) is 34.1 Å². The van der Waals surface area contributed by atoms with Gasteiger partial charge in [0, 0.05) is 40.4 Å². The van der Waals surface area contributed by atoms with E-state index < -0.39 is 0 Å². The third-order valence-electron chi connectivity index (χ3n) is 3.55. The molecule has 0 saturated carbocycles. The molecule has 19 heavy (non-hydrogen) atoms. The monoisotopic (exact) mass is 264 g/mol. The highest BCUT2D eigenvalue weighted by Gasteiger charge is 2.19. The predicted octanol–water partition coefficient (Wildman–Crippen LogP) is 2.00. The number of fused-ring (bicyclic) bond motifs is 1. The minimum atomic E-state index is 0.770. The Bertz CT molecular complexity index is 349. The summed E-state index contributed by atoms with van der Waals surface area (Å²) in [4.78, 5) is 4.84. The topological polar surface area (TPSA) is 24.9 Å². The Morgan fingerprint density at radius 1 is 0.895 bits per heavy atom. The van der Waals surface area contributed by atoms with Gasteiger partial charge in [0.25, 0.3) is 0 Å². The van der Waals surface area contributed by atoms with E-state index in [-0.39, 0.29) is 0 Å². The smallest absolute Gasteiger partial charge is 0.0637 e. The number of anilines is 2. The highest BCUT2D eigenvalue weighted by Crippen LogP contribution is 2.31. The van der Waals surface area contributed by atoms with Crippen LogP contribution in [0.25, 0.3) is 0 Å². The lowest BCUT2D eigenvalue weighted by atomic mass is 10.2. The highest BCUT2D eigenvalue weighted by molar-refractivity contribution is 5.72. The van der Waals surface area contributed by atoms with Gasteiger partial charge in [-0.15, -0.1) is 0 Å². The van der Waals surface area contributed by atoms with Gasteiger partial charge >= 0.3 is 0 Å². The summed E-state index contributed by atoms with van der Waals surface area (Å²) in [6.45, 7) is 5.61. The average molecular weight is 264 g/mol. The Hall–Kier alpha value is -1.26. The summed E-state index contributed by atoms with van der Waals surface area (Å²) in [6, 6.07) is 8.63. The van der Waals surface area contributed by atoms with E-state index in [1.54, 1.807) is 14.2 Å². The molecule has 0 aromatic heterocycles. The maximum Gasteiger partial charge on any atom is 0.0637 e. The van der Waals surface area contributed by atoms with E-state index in [0.29, 0.717) is 0 Å². The molecular formula is C15H24N2O2. The molecule has 0 atom stereocenters. The molecule has 0 radical (unpaired) electrons. The molecule has 0 aliphatic carbocycles. The summed E-state index contributed by atoms with van der Waals surface area (Å²) in [6.07, 6.45) is 1.17. The molecule has 2 rings (SSSR count). The first-order chi connectivity index (χ1) is 9.36. The molecule has 1 aliphatic rings. The summed E-state index contributed by atoms with van der Waals surface area (Å²) < 4.78 is 10.4. The van der Waals surface area contributed by atoms with Gasteiger partial charge in [-0.05, 0) is 18.6 Å². The minimum absolute atomic E-state index is 0.770. The predicted molar refractivity (Wildman–Crippen MR) is 79.2 cm³/mol. The van der Waals surface area contributed by atoms with Crippen molar-refractivity contribution < 1.29 is 9.47 Å². The number of benzene rings is 1. The maximum absolute atomic E-state index is 5.22. The fourth-order valence-corrected chi connectivity index (χ4v) is 2.56. The minimum Gasteiger partial charge on any atom is -0.383 e. The highest BCUT2D eigenvalue weighted by atomic mass is 16.5. The normalized spacial score (nSPS) is 15.3. The molecule has 0 unspecified atom stereocenters. The van der Waals surface area contributed by atoms with Crippen molar-refractivity contribution in [3.8, 4) is 0 Å². The van der Waals surface area contributed by atoms with Crippen LogP contribution in [0.5, 0.6) is 0 Å². The van der Waals surface area contributed by atoms with Crippen LogP contribution in [0.3, 0.4) is 0 Å². The third-order valence-corrected chi connectivity index (χ3v) is 3.55. The van der Waals surface area contributed by atoms with Crippen molar-refractivity contribution >= 4 is 11.4 Å². The van der Waals surface area contributed by atoms with Crippen LogP contribution in [0.1, 0.15) is 6.42 Å². The number of hydrogen-bond acceptors (Lipinski definition) is 4. The Morgan fingerprint density at radius 3 is 1.79 bits per heavy atom. The van der Waals surface area contributed by atoms with E-state index in [0.717, 1.165) is 39.4 Å². The van der Waals surface area contributed by atoms with E-state index in [9.17, 15) is 0 Å². The van der Waals surface area contributed by atoms with Crippen LogP contribution in [-0.2, 0) is 9.47 Å². The fourth-order valence-electron chi connectivity index (χ4n) is 2.56. The van der Waals surface area contributed by atoms with Gasteiger partial charge in [0.05, 0.1) is 24.6 Å². The van der Waals surface area contributed by atoms with E-state index in [4.69, 9.17) is 9.47 Å². The van der Waals surface area contributed by atoms with Crippen LogP contribution in [0.2, 0.25) is 0 Å². The van der Waals surface area contributed by atoms with Crippen LogP contribution in [-0.4, -0.2) is 53.6 Å². The molecule has 106 valence electrons. The number of hydrogen-bond donors (Lipinski definition) is 0. The van der Waals surface area contributed by atoms with Crippen LogP contribution in [0.15, 0.2) is 24.3 Å². The second-order valence-electron chi connectivity index (χ2n) is 4.80. The molecule has 4 heteroatoms. The zero-order valence-corrected chi connectivity index (χ0v) is 12.0. The molecule has 0 fully saturated rings. The molecule has 0 saturated heterocycles. The molecule has 1 aromatic rings. The zero-order valence-electron chi connectivity index (χ0n) is 12.0. The average Bonchev–Trinajstić information content (AvgIpc) is 2.62. The van der Waals surface area contributed by atoms with Gasteiger partial charge in [-0.3, -0.25) is 0 Å². The SMILES string of the molecule is COCCN1CCCN(CCOC)c2ccccc21. The molecule has 1 aromatic carbocycles. The van der Waals surface area contributed by atoms with Crippen molar-refractivity contribution in [3.63, 3.8) is 0 Å². The maximum atomic E-state index is 5.22. The summed E-state index contributed by atoms with van der Waals surface area (Å²) in [7, 11) is 3.52. The Balaban J connectivity index is 2.18. The van der Waals surface area contributed by atoms with Crippen LogP contribution < -0.4 is 9.80 Å². The molecular weight excluding hydrogens is 240 g/mol. The molecule has 1 aliphatic heterocycles. The van der Waals surface area contributed by atoms with Gasteiger partial charge in [-0.2, -0.15) is 0 Å². The number of rotatable bonds is 6. The van der Waals surface area contributed by atoms with Crippen molar-refractivity contribution in [2.75, 3.05) is 63.4 Å². The van der Waals surface area contributed by atoms with Gasteiger partial charge in [0.15, 0.2) is 0 Å². The summed E-state index contributed by atoms with van der Waals surface area (Å²) >= 11 is 0. The van der Waals surface area contributed by atoms with Crippen molar-refractivity contribution in [2.24, 2.45) is 0 Å². The van der Waals surface area contributed by atoms with Gasteiger partial charge in [-0.25, -0.2) is 0 Å². The first-order valence-electron chi connectivity index (χ1n) is 6.93. The first kappa shape index (κ1) is 14.2. The Labute approximate surface area is 115 Å². The number of ether oxygens (including phenoxy) is 2. The summed E-state index contributed by atoms with van der Waals surface area (Å²) in [5.41, 5.74) is 2.63. The molecule has 1 heterocycles. The molecule has 0 amide bonds. The number of methoxy groups -OCH3 is 2. The number of para-hydroxylation sites is 2. The van der Waals surface area contributed by atoms with Crippen molar-refractivity contribution in [3.05, 3.63) is 24.3 Å². The third kappa shape index (κ3) is 3.61. The Morgan fingerprint density at radius 2 is 1.37 bits per heavy atom. The van der Waals surface area contributed by atoms with Crippen LogP contribution >= 0.6 is 0 Å². The van der Waals surface area contributed by atoms with Crippen molar-refractivity contribution in [2.45, 2.75) is 6.42 Å². The second kappa shape index (κ2) is 7.36. The molecule has 0 bridgehead atoms. The lowest BCUT2D eigenvalue weighted by Gasteiger charge is -2.27. The standard InChI is InChI=1S/C15H24N2O2/c1-18-12-10-16-8-5-9-17(11-13-19-2)15-7-4-3-6-14(15)16/h3-4,6-7H,5,8-13H2,1-2H3. The van der Waals surface area contributed by atoms with Gasteiger partial charge in [0.1, 0.15) is 0 Å². The first-order valence-corrected chi connectivity index (χ1v) is 6.93. The lowest BCUT2D eigenvalue weighted by Crippen LogP contribution is -2.27. The summed E-state index contributed by atoms with van der Waals surface area (Å²) in [5.74, 6) is 0. The van der Waals surface area contributed by atoms with E-state index in [1.807, 2.05) is 0 Å². The van der Waals surface area contributed by atoms with Gasteiger partial charge in [-0.1, -0.05) is 12.1 Å². The van der Waals surface area contributed by atoms with Crippen LogP contribution in [0, 0.1) is 0 Å². The van der Waals surface area contributed by atoms with Gasteiger partial charge in [0.2, 0.25) is 0 Å². The van der Waals surface area contributed by atoms with Crippen molar-refractivity contribution in [1.29, 1.82) is 0 Å². The molecule has 0 N–H and O–H groups in total. The largest absolute Gasteiger partial charge is 0.383 e. The summed E-state index contributed by atoms with van der Waals surface area (Å²) in [5, 5.41) is 0. The lowest BCUT2D eigenvalue weighted by molar-refractivity contribution is 0.205. The molecule has 0 spiro atoms. The zero-order chi connectivity index (χ0) is 13.5. The van der Waals surface area contributed by atoms with Crippen molar-refractivity contribution in [1.82, 2.24) is 0 Å². The molecule has 4 nitrogen and oxygen atoms in total. The number of nitrogens with zero attached hydrogens (tertiary/aromatic N) is 2. The fraction of sp³-hybridized carbons (Fsp3) is 0.600. The van der Waals surface area contributed by atoms with E-state index in [1.165, 1.54) is 17.8 Å². The van der Waals surface area contributed by atoms with E-state index >= 15 is 0 Å². The quantitative estimate of drug-likeness (QED) is 0.784.